The molecule has 0 bridgehead atoms. The van der Waals surface area contributed by atoms with E-state index >= 15 is 0 Å². The highest BCUT2D eigenvalue weighted by Crippen LogP contribution is 2.39. The quantitative estimate of drug-likeness (QED) is 0.468. The predicted octanol–water partition coefficient (Wildman–Crippen LogP) is 5.97. The normalized spacial score (nSPS) is 20.5. The molecule has 3 rings (SSSR count). The monoisotopic (exact) mass is 413 g/mol. The van der Waals surface area contributed by atoms with Gasteiger partial charge in [0.15, 0.2) is 34.8 Å². The standard InChI is InChI=1S/C22H24F5NO/c1-2-20(28)14-5-3-13(4-6-14)15-9-18(25)22(19(26)10-15)29-11-12-7-16(23)21(27)17(24)8-12/h7-10,13-14,20H,2-6,11,28H2,1H3. The summed E-state index contributed by atoms with van der Waals surface area (Å²) in [6, 6.07) is 4.09. The zero-order valence-electron chi connectivity index (χ0n) is 16.2. The fourth-order valence-electron chi connectivity index (χ4n) is 4.01. The van der Waals surface area contributed by atoms with Crippen LogP contribution in [0.3, 0.4) is 0 Å². The zero-order chi connectivity index (χ0) is 21.1. The Morgan fingerprint density at radius 1 is 0.897 bits per heavy atom. The Bertz CT molecular complexity index is 818. The highest BCUT2D eigenvalue weighted by Gasteiger charge is 2.27. The second kappa shape index (κ2) is 9.11. The lowest BCUT2D eigenvalue weighted by Gasteiger charge is -2.32. The molecule has 2 aromatic carbocycles. The van der Waals surface area contributed by atoms with Crippen molar-refractivity contribution < 1.29 is 26.7 Å². The minimum Gasteiger partial charge on any atom is -0.483 e. The first-order valence-electron chi connectivity index (χ1n) is 9.80. The number of benzene rings is 2. The number of rotatable bonds is 6. The van der Waals surface area contributed by atoms with Gasteiger partial charge in [0.25, 0.3) is 0 Å². The molecule has 1 fully saturated rings. The van der Waals surface area contributed by atoms with Gasteiger partial charge < -0.3 is 10.5 Å². The molecule has 7 heteroatoms. The minimum absolute atomic E-state index is 0.0497. The number of hydrogen-bond acceptors (Lipinski definition) is 2. The maximum absolute atomic E-state index is 14.5. The van der Waals surface area contributed by atoms with Crippen LogP contribution >= 0.6 is 0 Å². The predicted molar refractivity (Wildman–Crippen MR) is 100.0 cm³/mol. The molecule has 0 amide bonds. The average Bonchev–Trinajstić information content (AvgIpc) is 2.70. The lowest BCUT2D eigenvalue weighted by atomic mass is 9.75. The van der Waals surface area contributed by atoms with E-state index in [1.54, 1.807) is 0 Å². The molecule has 0 heterocycles. The van der Waals surface area contributed by atoms with Crippen LogP contribution < -0.4 is 10.5 Å². The number of ether oxygens (including phenoxy) is 1. The van der Waals surface area contributed by atoms with Crippen molar-refractivity contribution in [3.63, 3.8) is 0 Å². The molecular formula is C22H24F5NO. The summed E-state index contributed by atoms with van der Waals surface area (Å²) in [7, 11) is 0. The largest absolute Gasteiger partial charge is 0.483 e. The van der Waals surface area contributed by atoms with Crippen LogP contribution in [-0.2, 0) is 6.61 Å². The van der Waals surface area contributed by atoms with Crippen molar-refractivity contribution in [3.05, 3.63) is 64.5 Å². The molecule has 2 N–H and O–H groups in total. The van der Waals surface area contributed by atoms with E-state index in [9.17, 15) is 22.0 Å². The molecule has 29 heavy (non-hydrogen) atoms. The van der Waals surface area contributed by atoms with Crippen molar-refractivity contribution in [1.29, 1.82) is 0 Å². The molecule has 1 unspecified atom stereocenters. The van der Waals surface area contributed by atoms with E-state index in [1.807, 2.05) is 0 Å². The fraction of sp³-hybridized carbons (Fsp3) is 0.455. The van der Waals surface area contributed by atoms with Crippen LogP contribution in [0.4, 0.5) is 22.0 Å². The fourth-order valence-corrected chi connectivity index (χ4v) is 4.01. The maximum Gasteiger partial charge on any atom is 0.194 e. The van der Waals surface area contributed by atoms with Crippen LogP contribution in [0, 0.1) is 35.0 Å². The van der Waals surface area contributed by atoms with Crippen molar-refractivity contribution in [3.8, 4) is 5.75 Å². The third kappa shape index (κ3) is 4.89. The van der Waals surface area contributed by atoms with E-state index in [0.29, 0.717) is 11.5 Å². The van der Waals surface area contributed by atoms with E-state index < -0.39 is 41.4 Å². The van der Waals surface area contributed by atoms with Gasteiger partial charge in [-0.25, -0.2) is 22.0 Å². The SMILES string of the molecule is CCC(N)C1CCC(c2cc(F)c(OCc3cc(F)c(F)c(F)c3)c(F)c2)CC1. The van der Waals surface area contributed by atoms with E-state index in [0.717, 1.165) is 44.2 Å². The zero-order valence-corrected chi connectivity index (χ0v) is 16.2. The summed E-state index contributed by atoms with van der Waals surface area (Å²) < 4.78 is 73.5. The number of halogens is 5. The first-order chi connectivity index (χ1) is 13.8. The van der Waals surface area contributed by atoms with Crippen LogP contribution in [-0.4, -0.2) is 6.04 Å². The van der Waals surface area contributed by atoms with E-state index in [4.69, 9.17) is 10.5 Å². The van der Waals surface area contributed by atoms with Crippen molar-refractivity contribution in [1.82, 2.24) is 0 Å². The van der Waals surface area contributed by atoms with Crippen LogP contribution in [0.5, 0.6) is 5.75 Å². The molecule has 1 aliphatic rings. The molecule has 1 aliphatic carbocycles. The Morgan fingerprint density at radius 3 is 1.97 bits per heavy atom. The van der Waals surface area contributed by atoms with Gasteiger partial charge in [0.05, 0.1) is 0 Å². The van der Waals surface area contributed by atoms with Crippen molar-refractivity contribution in [2.45, 2.75) is 57.6 Å². The van der Waals surface area contributed by atoms with Crippen LogP contribution in [0.1, 0.15) is 56.1 Å². The summed E-state index contributed by atoms with van der Waals surface area (Å²) >= 11 is 0. The maximum atomic E-state index is 14.5. The second-order valence-corrected chi connectivity index (χ2v) is 7.66. The topological polar surface area (TPSA) is 35.2 Å². The highest BCUT2D eigenvalue weighted by atomic mass is 19.2. The molecule has 0 aliphatic heterocycles. The van der Waals surface area contributed by atoms with Gasteiger partial charge in [-0.05, 0) is 79.3 Å². The van der Waals surface area contributed by atoms with E-state index in [1.165, 1.54) is 12.1 Å². The second-order valence-electron chi connectivity index (χ2n) is 7.66. The lowest BCUT2D eigenvalue weighted by molar-refractivity contribution is 0.267. The Balaban J connectivity index is 1.68. The highest BCUT2D eigenvalue weighted by molar-refractivity contribution is 5.34. The third-order valence-corrected chi connectivity index (χ3v) is 5.77. The lowest BCUT2D eigenvalue weighted by Crippen LogP contribution is -2.32. The molecule has 2 nitrogen and oxygen atoms in total. The van der Waals surface area contributed by atoms with Gasteiger partial charge in [-0.15, -0.1) is 0 Å². The van der Waals surface area contributed by atoms with Crippen LogP contribution in [0.25, 0.3) is 0 Å². The Morgan fingerprint density at radius 2 is 1.45 bits per heavy atom. The van der Waals surface area contributed by atoms with Gasteiger partial charge in [-0.2, -0.15) is 0 Å². The van der Waals surface area contributed by atoms with Gasteiger partial charge in [0, 0.05) is 6.04 Å². The molecule has 0 saturated heterocycles. The molecule has 0 spiro atoms. The molecule has 0 radical (unpaired) electrons. The number of hydrogen-bond donors (Lipinski definition) is 1. The molecule has 158 valence electrons. The van der Waals surface area contributed by atoms with Gasteiger partial charge in [0.1, 0.15) is 6.61 Å². The summed E-state index contributed by atoms with van der Waals surface area (Å²) in [5.74, 6) is -6.29. The van der Waals surface area contributed by atoms with Crippen LogP contribution in [0.15, 0.2) is 24.3 Å². The molecular weight excluding hydrogens is 389 g/mol. The first kappa shape index (κ1) is 21.6. The smallest absolute Gasteiger partial charge is 0.194 e. The first-order valence-corrected chi connectivity index (χ1v) is 9.80. The molecule has 1 atom stereocenters. The third-order valence-electron chi connectivity index (χ3n) is 5.77. The number of nitrogens with two attached hydrogens (primary N) is 1. The Hall–Kier alpha value is -2.15. The molecule has 2 aromatic rings. The summed E-state index contributed by atoms with van der Waals surface area (Å²) in [5, 5.41) is 0. The summed E-state index contributed by atoms with van der Waals surface area (Å²) in [6.45, 7) is 1.55. The summed E-state index contributed by atoms with van der Waals surface area (Å²) in [5.41, 5.74) is 6.59. The Labute approximate surface area is 166 Å². The van der Waals surface area contributed by atoms with Crippen molar-refractivity contribution in [2.75, 3.05) is 0 Å². The minimum atomic E-state index is -1.61. The van der Waals surface area contributed by atoms with E-state index in [2.05, 4.69) is 6.92 Å². The van der Waals surface area contributed by atoms with Gasteiger partial charge in [-0.3, -0.25) is 0 Å². The van der Waals surface area contributed by atoms with Gasteiger partial charge in [0.2, 0.25) is 0 Å². The molecule has 0 aromatic heterocycles. The summed E-state index contributed by atoms with van der Waals surface area (Å²) in [4.78, 5) is 0. The van der Waals surface area contributed by atoms with Crippen molar-refractivity contribution in [2.24, 2.45) is 11.7 Å². The average molecular weight is 413 g/mol. The van der Waals surface area contributed by atoms with Crippen LogP contribution in [0.2, 0.25) is 0 Å². The Kier molecular flexibility index (Phi) is 6.77. The van der Waals surface area contributed by atoms with E-state index in [-0.39, 0.29) is 17.5 Å². The van der Waals surface area contributed by atoms with Gasteiger partial charge >= 0.3 is 0 Å². The molecule has 1 saturated carbocycles. The summed E-state index contributed by atoms with van der Waals surface area (Å²) in [6.07, 6.45) is 4.37. The van der Waals surface area contributed by atoms with Crippen molar-refractivity contribution >= 4 is 0 Å². The van der Waals surface area contributed by atoms with Gasteiger partial charge in [-0.1, -0.05) is 6.92 Å².